The van der Waals surface area contributed by atoms with Gasteiger partial charge >= 0.3 is 5.97 Å². The van der Waals surface area contributed by atoms with Gasteiger partial charge in [0.2, 0.25) is 17.7 Å². The molecule has 222 valence electrons. The van der Waals surface area contributed by atoms with E-state index in [4.69, 9.17) is 4.74 Å². The third-order valence-corrected chi connectivity index (χ3v) is 8.07. The van der Waals surface area contributed by atoms with E-state index < -0.39 is 53.8 Å². The lowest BCUT2D eigenvalue weighted by atomic mass is 9.84. The van der Waals surface area contributed by atoms with Crippen LogP contribution in [0.25, 0.3) is 0 Å². The Morgan fingerprint density at radius 2 is 1.37 bits per heavy atom. The molecule has 3 N–H and O–H groups in total. The van der Waals surface area contributed by atoms with Gasteiger partial charge in [0.25, 0.3) is 0 Å². The number of hydrogen-bond acceptors (Lipinski definition) is 5. The highest BCUT2D eigenvalue weighted by Gasteiger charge is 2.38. The van der Waals surface area contributed by atoms with Gasteiger partial charge in [0.1, 0.15) is 24.2 Å². The van der Waals surface area contributed by atoms with Crippen molar-refractivity contribution in [1.82, 2.24) is 16.0 Å². The average Bonchev–Trinajstić information content (AvgIpc) is 2.98. The number of unbranched alkanes of at least 4 members (excludes halogenated alkanes) is 1. The van der Waals surface area contributed by atoms with E-state index in [0.29, 0.717) is 6.42 Å². The van der Waals surface area contributed by atoms with Crippen LogP contribution < -0.4 is 16.0 Å². The second-order valence-electron chi connectivity index (χ2n) is 11.2. The van der Waals surface area contributed by atoms with Gasteiger partial charge in [0, 0.05) is 5.92 Å². The number of carbonyl (C=O) groups is 4. The zero-order chi connectivity index (χ0) is 29.9. The zero-order valence-electron chi connectivity index (χ0n) is 24.9. The van der Waals surface area contributed by atoms with Crippen molar-refractivity contribution >= 4 is 23.7 Å². The van der Waals surface area contributed by atoms with E-state index in [2.05, 4.69) is 22.9 Å². The second-order valence-corrected chi connectivity index (χ2v) is 11.2. The molecule has 2 aromatic rings. The Kier molecular flexibility index (Phi) is 11.9. The van der Waals surface area contributed by atoms with E-state index >= 15 is 0 Å². The Morgan fingerprint density at radius 1 is 0.780 bits per heavy atom. The maximum Gasteiger partial charge on any atom is 0.329 e. The third-order valence-electron chi connectivity index (χ3n) is 8.07. The molecule has 0 bridgehead atoms. The number of ether oxygens (including phenoxy) is 1. The van der Waals surface area contributed by atoms with Gasteiger partial charge in [0.15, 0.2) is 0 Å². The van der Waals surface area contributed by atoms with Gasteiger partial charge in [-0.25, -0.2) is 4.79 Å². The first-order valence-corrected chi connectivity index (χ1v) is 14.9. The smallest absolute Gasteiger partial charge is 0.329 e. The minimum Gasteiger partial charge on any atom is -0.460 e. The normalized spacial score (nSPS) is 24.0. The monoisotopic (exact) mass is 563 g/mol. The van der Waals surface area contributed by atoms with Crippen LogP contribution >= 0.6 is 0 Å². The van der Waals surface area contributed by atoms with E-state index in [-0.39, 0.29) is 18.3 Å². The maximum atomic E-state index is 13.9. The predicted octanol–water partition coefficient (Wildman–Crippen LogP) is 4.48. The maximum absolute atomic E-state index is 13.9. The Labute approximate surface area is 244 Å². The van der Waals surface area contributed by atoms with Gasteiger partial charge < -0.3 is 20.7 Å². The number of esters is 1. The lowest BCUT2D eigenvalue weighted by Crippen LogP contribution is -2.56. The SMILES string of the molecule is CCCC[C@H](C)[C@@H]1CC(=O)N[C@@H](C(c2ccccc2)c2ccccc2)C(=O)N[C@@H](C)C(=O)NC([C@H](C)CC)C(=O)O1. The molecular formula is C33H45N3O5. The Hall–Kier alpha value is -3.68. The molecule has 8 nitrogen and oxygen atoms in total. The second kappa shape index (κ2) is 15.4. The number of rotatable bonds is 9. The van der Waals surface area contributed by atoms with Crippen molar-refractivity contribution in [3.8, 4) is 0 Å². The molecule has 3 rings (SSSR count). The quantitative estimate of drug-likeness (QED) is 0.390. The fourth-order valence-corrected chi connectivity index (χ4v) is 5.22. The largest absolute Gasteiger partial charge is 0.460 e. The minimum absolute atomic E-state index is 0.0895. The molecule has 0 radical (unpaired) electrons. The van der Waals surface area contributed by atoms with Crippen molar-refractivity contribution in [2.75, 3.05) is 0 Å². The molecule has 41 heavy (non-hydrogen) atoms. The van der Waals surface area contributed by atoms with Crippen LogP contribution in [0.4, 0.5) is 0 Å². The number of amides is 3. The van der Waals surface area contributed by atoms with Crippen LogP contribution in [-0.4, -0.2) is 47.9 Å². The van der Waals surface area contributed by atoms with E-state index in [0.717, 1.165) is 30.4 Å². The molecule has 0 saturated carbocycles. The summed E-state index contributed by atoms with van der Waals surface area (Å²) in [4.78, 5) is 54.2. The molecule has 1 fully saturated rings. The summed E-state index contributed by atoms with van der Waals surface area (Å²) in [7, 11) is 0. The first-order valence-electron chi connectivity index (χ1n) is 14.9. The lowest BCUT2D eigenvalue weighted by molar-refractivity contribution is -0.158. The Balaban J connectivity index is 2.06. The van der Waals surface area contributed by atoms with Gasteiger partial charge in [-0.15, -0.1) is 0 Å². The zero-order valence-corrected chi connectivity index (χ0v) is 24.9. The van der Waals surface area contributed by atoms with Crippen molar-refractivity contribution in [3.05, 3.63) is 71.8 Å². The summed E-state index contributed by atoms with van der Waals surface area (Å²) < 4.78 is 5.98. The lowest BCUT2D eigenvalue weighted by Gasteiger charge is -2.30. The van der Waals surface area contributed by atoms with Crippen LogP contribution in [0, 0.1) is 11.8 Å². The molecule has 2 aromatic carbocycles. The topological polar surface area (TPSA) is 114 Å². The highest BCUT2D eigenvalue weighted by Crippen LogP contribution is 2.29. The molecule has 1 heterocycles. The van der Waals surface area contributed by atoms with Crippen molar-refractivity contribution in [2.45, 2.75) is 96.9 Å². The van der Waals surface area contributed by atoms with Gasteiger partial charge in [-0.1, -0.05) is 108 Å². The molecule has 1 aliphatic heterocycles. The van der Waals surface area contributed by atoms with Crippen LogP contribution in [0.1, 0.15) is 83.8 Å². The summed E-state index contributed by atoms with van der Waals surface area (Å²) in [6.07, 6.45) is 2.52. The van der Waals surface area contributed by atoms with Crippen molar-refractivity contribution < 1.29 is 23.9 Å². The van der Waals surface area contributed by atoms with Crippen LogP contribution in [0.2, 0.25) is 0 Å². The molecule has 3 amide bonds. The summed E-state index contributed by atoms with van der Waals surface area (Å²) in [5.74, 6) is -2.74. The molecule has 0 aromatic heterocycles. The minimum atomic E-state index is -1.02. The van der Waals surface area contributed by atoms with Crippen LogP contribution in [0.3, 0.4) is 0 Å². The Bertz CT molecular complexity index is 1120. The summed E-state index contributed by atoms with van der Waals surface area (Å²) in [6, 6.07) is 16.2. The Morgan fingerprint density at radius 3 is 1.90 bits per heavy atom. The summed E-state index contributed by atoms with van der Waals surface area (Å²) in [6.45, 7) is 9.43. The van der Waals surface area contributed by atoms with Crippen molar-refractivity contribution in [2.24, 2.45) is 11.8 Å². The first kappa shape index (κ1) is 31.8. The molecule has 1 unspecified atom stereocenters. The molecule has 8 heteroatoms. The van der Waals surface area contributed by atoms with Crippen LogP contribution in [-0.2, 0) is 23.9 Å². The summed E-state index contributed by atoms with van der Waals surface area (Å²) in [5, 5.41) is 8.57. The highest BCUT2D eigenvalue weighted by molar-refractivity contribution is 5.94. The average molecular weight is 564 g/mol. The number of nitrogens with one attached hydrogen (secondary N) is 3. The van der Waals surface area contributed by atoms with Crippen LogP contribution in [0.5, 0.6) is 0 Å². The van der Waals surface area contributed by atoms with E-state index in [1.54, 1.807) is 6.92 Å². The van der Waals surface area contributed by atoms with Gasteiger partial charge in [-0.2, -0.15) is 0 Å². The van der Waals surface area contributed by atoms with E-state index in [9.17, 15) is 19.2 Å². The summed E-state index contributed by atoms with van der Waals surface area (Å²) >= 11 is 0. The number of carbonyl (C=O) groups excluding carboxylic acids is 4. The molecule has 0 aliphatic carbocycles. The number of cyclic esters (lactones) is 1. The number of benzene rings is 2. The van der Waals surface area contributed by atoms with E-state index in [1.807, 2.05) is 81.4 Å². The molecule has 1 aliphatic rings. The fourth-order valence-electron chi connectivity index (χ4n) is 5.22. The molecule has 0 spiro atoms. The highest BCUT2D eigenvalue weighted by atomic mass is 16.5. The first-order chi connectivity index (χ1) is 19.7. The molecular weight excluding hydrogens is 518 g/mol. The predicted molar refractivity (Wildman–Crippen MR) is 159 cm³/mol. The fraction of sp³-hybridized carbons (Fsp3) is 0.515. The molecule has 6 atom stereocenters. The third kappa shape index (κ3) is 8.65. The standard InChI is InChI=1S/C33H45N3O5/c1-6-8-15-22(4)26-20-27(37)35-30(28(24-16-11-9-12-17-24)25-18-13-10-14-19-25)32(39)34-23(5)31(38)36-29(21(3)7-2)33(40)41-26/h9-14,16-19,21-23,26,28-30H,6-8,15,20H2,1-5H3,(H,34,39)(H,35,37)(H,36,38)/t21-,22+,23+,26+,29?,30+/m1/s1. The van der Waals surface area contributed by atoms with Crippen molar-refractivity contribution in [3.63, 3.8) is 0 Å². The van der Waals surface area contributed by atoms with Gasteiger partial charge in [0.05, 0.1) is 6.42 Å². The van der Waals surface area contributed by atoms with Crippen molar-refractivity contribution in [1.29, 1.82) is 0 Å². The van der Waals surface area contributed by atoms with Crippen LogP contribution in [0.15, 0.2) is 60.7 Å². The molecule has 1 saturated heterocycles. The number of hydrogen-bond donors (Lipinski definition) is 3. The van der Waals surface area contributed by atoms with Gasteiger partial charge in [-0.3, -0.25) is 14.4 Å². The van der Waals surface area contributed by atoms with Gasteiger partial charge in [-0.05, 0) is 36.3 Å². The summed E-state index contributed by atoms with van der Waals surface area (Å²) in [5.41, 5.74) is 1.69. The van der Waals surface area contributed by atoms with E-state index in [1.165, 1.54) is 0 Å².